The maximum Gasteiger partial charge on any atom is 0.254 e. The van der Waals surface area contributed by atoms with Gasteiger partial charge in [0.25, 0.3) is 11.8 Å². The number of hydrogen-bond acceptors (Lipinski definition) is 7. The summed E-state index contributed by atoms with van der Waals surface area (Å²) < 4.78 is 7.07. The maximum atomic E-state index is 12.7. The number of aryl methyl sites for hydroxylation is 1. The van der Waals surface area contributed by atoms with E-state index < -0.39 is 0 Å². The standard InChI is InChI=1S/C26H30N6O4S/c1-17-7-4-5-10-21(17)24(34)27-18(2)23-29-30-26(31(23)3)37-16-22(33)28-20-9-6-8-19(15-20)25(35)32-11-13-36-14-12-32/h4-10,15,18H,11-14,16H2,1-3H3,(H,27,34)(H,28,33)/t18-/m0/s1. The van der Waals surface area contributed by atoms with Crippen LogP contribution in [0, 0.1) is 6.92 Å². The summed E-state index contributed by atoms with van der Waals surface area (Å²) in [5.74, 6) is 0.198. The molecule has 10 nitrogen and oxygen atoms in total. The van der Waals surface area contributed by atoms with Gasteiger partial charge in [-0.05, 0) is 43.7 Å². The van der Waals surface area contributed by atoms with E-state index in [1.54, 1.807) is 46.8 Å². The first-order valence-electron chi connectivity index (χ1n) is 12.0. The molecule has 194 valence electrons. The third kappa shape index (κ3) is 6.55. The van der Waals surface area contributed by atoms with Gasteiger partial charge in [0, 0.05) is 37.0 Å². The molecule has 0 radical (unpaired) electrons. The molecule has 0 unspecified atom stereocenters. The van der Waals surface area contributed by atoms with Crippen LogP contribution in [0.3, 0.4) is 0 Å². The Bertz CT molecular complexity index is 1290. The molecule has 0 aliphatic carbocycles. The first kappa shape index (κ1) is 26.4. The molecule has 4 rings (SSSR count). The molecule has 0 spiro atoms. The van der Waals surface area contributed by atoms with Crippen molar-refractivity contribution >= 4 is 35.2 Å². The normalized spacial score (nSPS) is 14.2. The number of amides is 3. The van der Waals surface area contributed by atoms with Crippen molar-refractivity contribution in [1.82, 2.24) is 25.0 Å². The summed E-state index contributed by atoms with van der Waals surface area (Å²) in [5, 5.41) is 14.8. The van der Waals surface area contributed by atoms with E-state index in [0.29, 0.717) is 54.1 Å². The van der Waals surface area contributed by atoms with Gasteiger partial charge in [0.15, 0.2) is 11.0 Å². The number of benzene rings is 2. The highest BCUT2D eigenvalue weighted by Crippen LogP contribution is 2.21. The number of thioether (sulfide) groups is 1. The van der Waals surface area contributed by atoms with Crippen molar-refractivity contribution in [1.29, 1.82) is 0 Å². The monoisotopic (exact) mass is 522 g/mol. The second-order valence-corrected chi connectivity index (χ2v) is 9.67. The van der Waals surface area contributed by atoms with Gasteiger partial charge < -0.3 is 24.8 Å². The molecule has 1 aliphatic rings. The van der Waals surface area contributed by atoms with Crippen LogP contribution in [0.25, 0.3) is 0 Å². The van der Waals surface area contributed by atoms with Crippen molar-refractivity contribution in [2.24, 2.45) is 7.05 Å². The van der Waals surface area contributed by atoms with Crippen molar-refractivity contribution in [2.45, 2.75) is 25.0 Å². The minimum atomic E-state index is -0.375. The zero-order chi connectivity index (χ0) is 26.4. The van der Waals surface area contributed by atoms with Crippen LogP contribution in [0.2, 0.25) is 0 Å². The topological polar surface area (TPSA) is 118 Å². The molecule has 0 bridgehead atoms. The van der Waals surface area contributed by atoms with Gasteiger partial charge in [-0.1, -0.05) is 36.0 Å². The summed E-state index contributed by atoms with van der Waals surface area (Å²) in [5.41, 5.74) is 2.57. The number of nitrogens with zero attached hydrogens (tertiary/aromatic N) is 4. The molecule has 2 aromatic carbocycles. The Kier molecular flexibility index (Phi) is 8.57. The highest BCUT2D eigenvalue weighted by molar-refractivity contribution is 7.99. The van der Waals surface area contributed by atoms with Gasteiger partial charge >= 0.3 is 0 Å². The summed E-state index contributed by atoms with van der Waals surface area (Å²) in [7, 11) is 1.80. The van der Waals surface area contributed by atoms with Crippen molar-refractivity contribution in [3.8, 4) is 0 Å². The average Bonchev–Trinajstić information content (AvgIpc) is 3.28. The Morgan fingerprint density at radius 3 is 2.59 bits per heavy atom. The van der Waals surface area contributed by atoms with Gasteiger partial charge in [-0.25, -0.2) is 0 Å². The molecule has 1 aromatic heterocycles. The zero-order valence-electron chi connectivity index (χ0n) is 21.1. The maximum absolute atomic E-state index is 12.7. The smallest absolute Gasteiger partial charge is 0.254 e. The van der Waals surface area contributed by atoms with E-state index >= 15 is 0 Å². The number of morpholine rings is 1. The van der Waals surface area contributed by atoms with Crippen LogP contribution in [-0.2, 0) is 16.6 Å². The fourth-order valence-electron chi connectivity index (χ4n) is 4.00. The molecule has 2 heterocycles. The van der Waals surface area contributed by atoms with Gasteiger partial charge in [0.2, 0.25) is 5.91 Å². The number of anilines is 1. The minimum absolute atomic E-state index is 0.0796. The van der Waals surface area contributed by atoms with Crippen LogP contribution in [-0.4, -0.2) is 69.4 Å². The highest BCUT2D eigenvalue weighted by atomic mass is 32.2. The molecule has 3 amide bonds. The minimum Gasteiger partial charge on any atom is -0.378 e. The van der Waals surface area contributed by atoms with Crippen LogP contribution in [0.4, 0.5) is 5.69 Å². The third-order valence-electron chi connectivity index (χ3n) is 6.02. The van der Waals surface area contributed by atoms with E-state index in [2.05, 4.69) is 20.8 Å². The van der Waals surface area contributed by atoms with Crippen LogP contribution in [0.5, 0.6) is 0 Å². The van der Waals surface area contributed by atoms with Crippen LogP contribution >= 0.6 is 11.8 Å². The summed E-state index contributed by atoms with van der Waals surface area (Å²) in [4.78, 5) is 39.7. The Morgan fingerprint density at radius 2 is 1.84 bits per heavy atom. The van der Waals surface area contributed by atoms with E-state index in [1.807, 2.05) is 32.0 Å². The van der Waals surface area contributed by atoms with Crippen LogP contribution in [0.1, 0.15) is 45.1 Å². The predicted molar refractivity (Wildman–Crippen MR) is 141 cm³/mol. The largest absolute Gasteiger partial charge is 0.378 e. The number of nitrogens with one attached hydrogen (secondary N) is 2. The Balaban J connectivity index is 1.32. The van der Waals surface area contributed by atoms with E-state index in [9.17, 15) is 14.4 Å². The van der Waals surface area contributed by atoms with E-state index in [-0.39, 0.29) is 29.5 Å². The van der Waals surface area contributed by atoms with Gasteiger partial charge in [-0.3, -0.25) is 14.4 Å². The van der Waals surface area contributed by atoms with Gasteiger partial charge in [-0.15, -0.1) is 10.2 Å². The fraction of sp³-hybridized carbons (Fsp3) is 0.346. The molecule has 1 fully saturated rings. The molecule has 3 aromatic rings. The number of ether oxygens (including phenoxy) is 1. The molecule has 0 saturated carbocycles. The lowest BCUT2D eigenvalue weighted by atomic mass is 10.1. The molecule has 1 saturated heterocycles. The first-order chi connectivity index (χ1) is 17.8. The number of carbonyl (C=O) groups excluding carboxylic acids is 3. The average molecular weight is 523 g/mol. The fourth-order valence-corrected chi connectivity index (χ4v) is 4.72. The summed E-state index contributed by atoms with van der Waals surface area (Å²) >= 11 is 1.24. The quantitative estimate of drug-likeness (QED) is 0.437. The summed E-state index contributed by atoms with van der Waals surface area (Å²) in [6.45, 7) is 5.90. The second kappa shape index (κ2) is 12.0. The molecule has 2 N–H and O–H groups in total. The molecule has 37 heavy (non-hydrogen) atoms. The molecule has 11 heteroatoms. The van der Waals surface area contributed by atoms with Crippen molar-refractivity contribution in [3.63, 3.8) is 0 Å². The number of hydrogen-bond donors (Lipinski definition) is 2. The molecular formula is C26H30N6O4S. The van der Waals surface area contributed by atoms with Gasteiger partial charge in [-0.2, -0.15) is 0 Å². The van der Waals surface area contributed by atoms with Crippen molar-refractivity contribution in [3.05, 3.63) is 71.0 Å². The van der Waals surface area contributed by atoms with Crippen molar-refractivity contribution in [2.75, 3.05) is 37.4 Å². The summed E-state index contributed by atoms with van der Waals surface area (Å²) in [6, 6.07) is 13.9. The number of carbonyl (C=O) groups is 3. The molecule has 1 aliphatic heterocycles. The zero-order valence-corrected chi connectivity index (χ0v) is 21.9. The van der Waals surface area contributed by atoms with Crippen LogP contribution < -0.4 is 10.6 Å². The third-order valence-corrected chi connectivity index (χ3v) is 7.04. The lowest BCUT2D eigenvalue weighted by Gasteiger charge is -2.27. The number of aromatic nitrogens is 3. The lowest BCUT2D eigenvalue weighted by molar-refractivity contribution is -0.113. The predicted octanol–water partition coefficient (Wildman–Crippen LogP) is 2.82. The number of rotatable bonds is 8. The van der Waals surface area contributed by atoms with E-state index in [4.69, 9.17) is 4.74 Å². The van der Waals surface area contributed by atoms with Crippen molar-refractivity contribution < 1.29 is 19.1 Å². The van der Waals surface area contributed by atoms with E-state index in [1.165, 1.54) is 11.8 Å². The lowest BCUT2D eigenvalue weighted by Crippen LogP contribution is -2.40. The van der Waals surface area contributed by atoms with Gasteiger partial charge in [0.05, 0.1) is 25.0 Å². The molecular weight excluding hydrogens is 492 g/mol. The first-order valence-corrected chi connectivity index (χ1v) is 13.0. The molecule has 1 atom stereocenters. The van der Waals surface area contributed by atoms with Crippen LogP contribution in [0.15, 0.2) is 53.7 Å². The second-order valence-electron chi connectivity index (χ2n) is 8.73. The van der Waals surface area contributed by atoms with Gasteiger partial charge in [0.1, 0.15) is 0 Å². The Hall–Kier alpha value is -3.70. The highest BCUT2D eigenvalue weighted by Gasteiger charge is 2.21. The Labute approximate surface area is 219 Å². The van der Waals surface area contributed by atoms with E-state index in [0.717, 1.165) is 5.56 Å². The summed E-state index contributed by atoms with van der Waals surface area (Å²) in [6.07, 6.45) is 0. The SMILES string of the molecule is Cc1ccccc1C(=O)N[C@@H](C)c1nnc(SCC(=O)Nc2cccc(C(=O)N3CCOCC3)c2)n1C. The Morgan fingerprint density at radius 1 is 1.08 bits per heavy atom.